The molecule has 0 unspecified atom stereocenters. The lowest BCUT2D eigenvalue weighted by molar-refractivity contribution is 0.684. The van der Waals surface area contributed by atoms with Gasteiger partial charge in [-0.25, -0.2) is 14.7 Å². The topological polar surface area (TPSA) is 67.1 Å². The third-order valence-corrected chi connectivity index (χ3v) is 3.39. The van der Waals surface area contributed by atoms with Crippen molar-refractivity contribution < 1.29 is 0 Å². The number of hydrogen-bond acceptors (Lipinski definition) is 3. The molecule has 0 saturated heterocycles. The fourth-order valence-electron chi connectivity index (χ4n) is 2.22. The van der Waals surface area contributed by atoms with Gasteiger partial charge in [0.25, 0.3) is 0 Å². The fraction of sp³-hybridized carbons (Fsp3) is 0.471. The first-order valence-electron chi connectivity index (χ1n) is 8.24. The van der Waals surface area contributed by atoms with Crippen molar-refractivity contribution in [1.29, 1.82) is 0 Å². The van der Waals surface area contributed by atoms with Gasteiger partial charge in [0.15, 0.2) is 5.96 Å². The molecule has 23 heavy (non-hydrogen) atoms. The molecule has 0 bridgehead atoms. The maximum absolute atomic E-state index is 4.65. The summed E-state index contributed by atoms with van der Waals surface area (Å²) in [6, 6.07) is 8.43. The summed E-state index contributed by atoms with van der Waals surface area (Å²) in [5.41, 5.74) is 2.39. The third-order valence-electron chi connectivity index (χ3n) is 3.39. The van der Waals surface area contributed by atoms with Crippen LogP contribution in [0.25, 0.3) is 0 Å². The van der Waals surface area contributed by atoms with Crippen LogP contribution >= 0.6 is 0 Å². The Morgan fingerprint density at radius 3 is 2.83 bits per heavy atom. The van der Waals surface area contributed by atoms with Crippen molar-refractivity contribution in [2.75, 3.05) is 13.1 Å². The molecule has 6 heteroatoms. The van der Waals surface area contributed by atoms with E-state index in [1.54, 1.807) is 12.7 Å². The number of guanidine groups is 1. The van der Waals surface area contributed by atoms with Crippen molar-refractivity contribution in [1.82, 2.24) is 25.4 Å². The Hall–Kier alpha value is -2.37. The number of nitrogens with one attached hydrogen (secondary N) is 2. The Labute approximate surface area is 138 Å². The molecule has 0 amide bonds. The molecular formula is C17H26N6. The van der Waals surface area contributed by atoms with E-state index >= 15 is 0 Å². The Kier molecular flexibility index (Phi) is 7.10. The Bertz CT molecular complexity index is 591. The van der Waals surface area contributed by atoms with Gasteiger partial charge in [0.05, 0.1) is 13.1 Å². The molecule has 0 saturated carbocycles. The highest BCUT2D eigenvalue weighted by Gasteiger charge is 2.00. The summed E-state index contributed by atoms with van der Waals surface area (Å²) in [4.78, 5) is 8.62. The van der Waals surface area contributed by atoms with Crippen LogP contribution < -0.4 is 10.6 Å². The van der Waals surface area contributed by atoms with Crippen LogP contribution in [0.1, 0.15) is 37.8 Å². The van der Waals surface area contributed by atoms with E-state index in [1.807, 2.05) is 4.68 Å². The minimum absolute atomic E-state index is 0.659. The molecule has 6 nitrogen and oxygen atoms in total. The van der Waals surface area contributed by atoms with Crippen LogP contribution in [0, 0.1) is 0 Å². The first-order valence-corrected chi connectivity index (χ1v) is 8.24. The highest BCUT2D eigenvalue weighted by molar-refractivity contribution is 5.79. The summed E-state index contributed by atoms with van der Waals surface area (Å²) in [6.07, 6.45) is 5.61. The van der Waals surface area contributed by atoms with Crippen molar-refractivity contribution in [3.8, 4) is 0 Å². The van der Waals surface area contributed by atoms with Gasteiger partial charge in [-0.2, -0.15) is 5.10 Å². The number of benzene rings is 1. The van der Waals surface area contributed by atoms with Crippen LogP contribution in [0.2, 0.25) is 0 Å². The SMILES string of the molecule is CCCCNC(=NCc1cccc(Cn2cncn2)c1)NCC. The number of aromatic nitrogens is 3. The summed E-state index contributed by atoms with van der Waals surface area (Å²) in [6.45, 7) is 7.47. The number of unbranched alkanes of at least 4 members (excludes halogenated alkanes) is 1. The molecular weight excluding hydrogens is 288 g/mol. The number of rotatable bonds is 8. The summed E-state index contributed by atoms with van der Waals surface area (Å²) < 4.78 is 1.82. The molecule has 2 rings (SSSR count). The zero-order chi connectivity index (χ0) is 16.3. The van der Waals surface area contributed by atoms with E-state index in [2.05, 4.69) is 63.8 Å². The highest BCUT2D eigenvalue weighted by atomic mass is 15.3. The zero-order valence-electron chi connectivity index (χ0n) is 14.0. The standard InChI is InChI=1S/C17H26N6/c1-3-5-9-20-17(19-4-2)21-11-15-7-6-8-16(10-15)12-23-14-18-13-22-23/h6-8,10,13-14H,3-5,9,11-12H2,1-2H3,(H2,19,20,21). The first-order chi connectivity index (χ1) is 11.3. The monoisotopic (exact) mass is 314 g/mol. The molecule has 124 valence electrons. The first kappa shape index (κ1) is 17.0. The predicted molar refractivity (Wildman–Crippen MR) is 93.3 cm³/mol. The maximum atomic E-state index is 4.65. The second kappa shape index (κ2) is 9.61. The van der Waals surface area contributed by atoms with Gasteiger partial charge in [-0.15, -0.1) is 0 Å². The molecule has 0 aliphatic heterocycles. The molecule has 1 aromatic heterocycles. The van der Waals surface area contributed by atoms with E-state index in [1.165, 1.54) is 17.5 Å². The molecule has 0 fully saturated rings. The van der Waals surface area contributed by atoms with Gasteiger partial charge in [-0.3, -0.25) is 0 Å². The summed E-state index contributed by atoms with van der Waals surface area (Å²) in [5, 5.41) is 10.8. The smallest absolute Gasteiger partial charge is 0.191 e. The molecule has 0 aliphatic rings. The zero-order valence-corrected chi connectivity index (χ0v) is 14.0. The van der Waals surface area contributed by atoms with Gasteiger partial charge in [0, 0.05) is 13.1 Å². The van der Waals surface area contributed by atoms with Crippen LogP contribution in [-0.2, 0) is 13.1 Å². The molecule has 0 aliphatic carbocycles. The number of hydrogen-bond donors (Lipinski definition) is 2. The van der Waals surface area contributed by atoms with Crippen molar-refractivity contribution in [2.45, 2.75) is 39.8 Å². The maximum Gasteiger partial charge on any atom is 0.191 e. The largest absolute Gasteiger partial charge is 0.357 e. The van der Waals surface area contributed by atoms with Crippen molar-refractivity contribution in [2.24, 2.45) is 4.99 Å². The van der Waals surface area contributed by atoms with Gasteiger partial charge < -0.3 is 10.6 Å². The lowest BCUT2D eigenvalue weighted by atomic mass is 10.1. The fourth-order valence-corrected chi connectivity index (χ4v) is 2.22. The second-order valence-corrected chi connectivity index (χ2v) is 5.39. The van der Waals surface area contributed by atoms with E-state index in [-0.39, 0.29) is 0 Å². The summed E-state index contributed by atoms with van der Waals surface area (Å²) in [5.74, 6) is 0.877. The van der Waals surface area contributed by atoms with Gasteiger partial charge in [0.2, 0.25) is 0 Å². The summed E-state index contributed by atoms with van der Waals surface area (Å²) >= 11 is 0. The van der Waals surface area contributed by atoms with Crippen LogP contribution in [0.3, 0.4) is 0 Å². The van der Waals surface area contributed by atoms with Gasteiger partial charge >= 0.3 is 0 Å². The molecule has 0 atom stereocenters. The highest BCUT2D eigenvalue weighted by Crippen LogP contribution is 2.08. The quantitative estimate of drug-likeness (QED) is 0.445. The second-order valence-electron chi connectivity index (χ2n) is 5.39. The Morgan fingerprint density at radius 2 is 2.09 bits per heavy atom. The van der Waals surface area contributed by atoms with E-state index in [0.717, 1.165) is 32.0 Å². The van der Waals surface area contributed by atoms with Crippen LogP contribution in [-0.4, -0.2) is 33.8 Å². The van der Waals surface area contributed by atoms with Crippen molar-refractivity contribution in [3.05, 3.63) is 48.0 Å². The lowest BCUT2D eigenvalue weighted by Crippen LogP contribution is -2.37. The Balaban J connectivity index is 1.95. The van der Waals surface area contributed by atoms with E-state index in [4.69, 9.17) is 0 Å². The molecule has 1 heterocycles. The van der Waals surface area contributed by atoms with Crippen LogP contribution in [0.15, 0.2) is 41.9 Å². The molecule has 0 spiro atoms. The predicted octanol–water partition coefficient (Wildman–Crippen LogP) is 2.18. The number of nitrogens with zero attached hydrogens (tertiary/aromatic N) is 4. The normalized spacial score (nSPS) is 11.5. The molecule has 1 aromatic carbocycles. The van der Waals surface area contributed by atoms with Crippen molar-refractivity contribution in [3.63, 3.8) is 0 Å². The van der Waals surface area contributed by atoms with E-state index in [0.29, 0.717) is 6.54 Å². The molecule has 2 N–H and O–H groups in total. The molecule has 0 radical (unpaired) electrons. The minimum Gasteiger partial charge on any atom is -0.357 e. The average Bonchev–Trinajstić information content (AvgIpc) is 3.06. The van der Waals surface area contributed by atoms with Crippen LogP contribution in [0.5, 0.6) is 0 Å². The molecule has 2 aromatic rings. The van der Waals surface area contributed by atoms with Gasteiger partial charge in [-0.05, 0) is 24.5 Å². The van der Waals surface area contributed by atoms with E-state index < -0.39 is 0 Å². The minimum atomic E-state index is 0.659. The summed E-state index contributed by atoms with van der Waals surface area (Å²) in [7, 11) is 0. The average molecular weight is 314 g/mol. The van der Waals surface area contributed by atoms with Crippen molar-refractivity contribution >= 4 is 5.96 Å². The Morgan fingerprint density at radius 1 is 1.22 bits per heavy atom. The van der Waals surface area contributed by atoms with Crippen LogP contribution in [0.4, 0.5) is 0 Å². The lowest BCUT2D eigenvalue weighted by Gasteiger charge is -2.11. The van der Waals surface area contributed by atoms with E-state index in [9.17, 15) is 0 Å². The third kappa shape index (κ3) is 6.10. The van der Waals surface area contributed by atoms with Gasteiger partial charge in [0.1, 0.15) is 12.7 Å². The van der Waals surface area contributed by atoms with Gasteiger partial charge in [-0.1, -0.05) is 37.6 Å². The number of aliphatic imine (C=N–C) groups is 1.